The van der Waals surface area contributed by atoms with E-state index in [2.05, 4.69) is 15.9 Å². The van der Waals surface area contributed by atoms with Crippen LogP contribution in [-0.2, 0) is 11.3 Å². The lowest BCUT2D eigenvalue weighted by Gasteiger charge is -2.22. The van der Waals surface area contributed by atoms with Crippen LogP contribution < -0.4 is 11.1 Å². The van der Waals surface area contributed by atoms with Gasteiger partial charge in [0.1, 0.15) is 0 Å². The van der Waals surface area contributed by atoms with Crippen molar-refractivity contribution in [1.82, 2.24) is 9.13 Å². The molecule has 2 heterocycles. The van der Waals surface area contributed by atoms with Crippen LogP contribution in [0.2, 0.25) is 0 Å². The summed E-state index contributed by atoms with van der Waals surface area (Å²) in [5, 5.41) is 0. The Morgan fingerprint density at radius 2 is 1.91 bits per heavy atom. The summed E-state index contributed by atoms with van der Waals surface area (Å²) < 4.78 is 9.23. The number of benzene rings is 1. The molecule has 3 rings (SSSR count). The standard InChI is InChI=1S/C16H17BrN2O3/c17-13-3-5-14(6-4-13)19-8-7-18(15(20)16(19)21)10-12-2-1-9-22-11-12/h3-8,12H,1-2,9-11H2. The lowest BCUT2D eigenvalue weighted by atomic mass is 10.0. The summed E-state index contributed by atoms with van der Waals surface area (Å²) in [5.74, 6) is 0.300. The van der Waals surface area contributed by atoms with Crippen LogP contribution in [0.25, 0.3) is 5.69 Å². The Morgan fingerprint density at radius 3 is 2.59 bits per heavy atom. The zero-order valence-corrected chi connectivity index (χ0v) is 13.7. The molecule has 0 bridgehead atoms. The minimum Gasteiger partial charge on any atom is -0.381 e. The topological polar surface area (TPSA) is 53.2 Å². The van der Waals surface area contributed by atoms with Gasteiger partial charge in [0.05, 0.1) is 6.61 Å². The zero-order chi connectivity index (χ0) is 15.5. The largest absolute Gasteiger partial charge is 0.381 e. The number of nitrogens with zero attached hydrogens (tertiary/aromatic N) is 2. The van der Waals surface area contributed by atoms with Crippen LogP contribution in [0.15, 0.2) is 50.7 Å². The first-order valence-electron chi connectivity index (χ1n) is 7.31. The molecular formula is C16H17BrN2O3. The first-order valence-corrected chi connectivity index (χ1v) is 8.10. The molecule has 6 heteroatoms. The third-order valence-corrected chi connectivity index (χ3v) is 4.40. The molecule has 22 heavy (non-hydrogen) atoms. The highest BCUT2D eigenvalue weighted by atomic mass is 79.9. The van der Waals surface area contributed by atoms with Gasteiger partial charge in [-0.1, -0.05) is 15.9 Å². The van der Waals surface area contributed by atoms with E-state index >= 15 is 0 Å². The van der Waals surface area contributed by atoms with Gasteiger partial charge in [-0.15, -0.1) is 0 Å². The van der Waals surface area contributed by atoms with Crippen molar-refractivity contribution in [1.29, 1.82) is 0 Å². The molecule has 0 aliphatic carbocycles. The van der Waals surface area contributed by atoms with Gasteiger partial charge in [0.15, 0.2) is 0 Å². The number of aromatic nitrogens is 2. The Balaban J connectivity index is 1.89. The van der Waals surface area contributed by atoms with Gasteiger partial charge in [0.2, 0.25) is 0 Å². The first-order chi connectivity index (χ1) is 10.6. The maximum absolute atomic E-state index is 12.3. The molecule has 116 valence electrons. The summed E-state index contributed by atoms with van der Waals surface area (Å²) >= 11 is 3.35. The van der Waals surface area contributed by atoms with Gasteiger partial charge in [-0.25, -0.2) is 0 Å². The maximum atomic E-state index is 12.3. The quantitative estimate of drug-likeness (QED) is 0.784. The minimum atomic E-state index is -0.526. The molecule has 0 amide bonds. The number of halogens is 1. The second-order valence-electron chi connectivity index (χ2n) is 5.49. The van der Waals surface area contributed by atoms with Crippen molar-refractivity contribution < 1.29 is 4.74 Å². The van der Waals surface area contributed by atoms with Crippen molar-refractivity contribution in [2.24, 2.45) is 5.92 Å². The van der Waals surface area contributed by atoms with Gasteiger partial charge < -0.3 is 9.30 Å². The highest BCUT2D eigenvalue weighted by molar-refractivity contribution is 9.10. The second-order valence-corrected chi connectivity index (χ2v) is 6.41. The van der Waals surface area contributed by atoms with Crippen LogP contribution in [0.3, 0.4) is 0 Å². The zero-order valence-electron chi connectivity index (χ0n) is 12.1. The number of hydrogen-bond donors (Lipinski definition) is 0. The van der Waals surface area contributed by atoms with Crippen LogP contribution in [0, 0.1) is 5.92 Å². The summed E-state index contributed by atoms with van der Waals surface area (Å²) in [6, 6.07) is 7.27. The van der Waals surface area contributed by atoms with E-state index in [0.29, 0.717) is 24.8 Å². The van der Waals surface area contributed by atoms with Gasteiger partial charge in [0.25, 0.3) is 0 Å². The van der Waals surface area contributed by atoms with Crippen molar-refractivity contribution >= 4 is 15.9 Å². The van der Waals surface area contributed by atoms with Crippen molar-refractivity contribution in [3.63, 3.8) is 0 Å². The van der Waals surface area contributed by atoms with Crippen LogP contribution >= 0.6 is 15.9 Å². The van der Waals surface area contributed by atoms with Crippen molar-refractivity contribution in [3.05, 3.63) is 61.8 Å². The van der Waals surface area contributed by atoms with E-state index in [1.807, 2.05) is 12.1 Å². The fourth-order valence-electron chi connectivity index (χ4n) is 2.69. The molecule has 1 aromatic carbocycles. The average molecular weight is 365 g/mol. The van der Waals surface area contributed by atoms with Gasteiger partial charge in [-0.2, -0.15) is 0 Å². The normalized spacial score (nSPS) is 18.3. The maximum Gasteiger partial charge on any atom is 0.320 e. The number of ether oxygens (including phenoxy) is 1. The Kier molecular flexibility index (Phi) is 4.59. The van der Waals surface area contributed by atoms with Crippen LogP contribution in [0.1, 0.15) is 12.8 Å². The molecule has 5 nitrogen and oxygen atoms in total. The Labute approximate surface area is 136 Å². The van der Waals surface area contributed by atoms with E-state index in [0.717, 1.165) is 23.9 Å². The summed E-state index contributed by atoms with van der Waals surface area (Å²) in [7, 11) is 0. The van der Waals surface area contributed by atoms with Crippen molar-refractivity contribution in [3.8, 4) is 5.69 Å². The van der Waals surface area contributed by atoms with E-state index < -0.39 is 11.1 Å². The Bertz CT molecular complexity index is 758. The van der Waals surface area contributed by atoms with Crippen molar-refractivity contribution in [2.75, 3.05) is 13.2 Å². The molecular weight excluding hydrogens is 348 g/mol. The predicted molar refractivity (Wildman–Crippen MR) is 87.5 cm³/mol. The molecule has 0 spiro atoms. The molecule has 1 fully saturated rings. The molecule has 1 unspecified atom stereocenters. The summed E-state index contributed by atoms with van der Waals surface area (Å²) in [6.07, 6.45) is 5.37. The molecule has 1 saturated heterocycles. The smallest absolute Gasteiger partial charge is 0.320 e. The van der Waals surface area contributed by atoms with Crippen molar-refractivity contribution in [2.45, 2.75) is 19.4 Å². The minimum absolute atomic E-state index is 0.300. The molecule has 1 aromatic heterocycles. The summed E-state index contributed by atoms with van der Waals surface area (Å²) in [4.78, 5) is 24.6. The summed E-state index contributed by atoms with van der Waals surface area (Å²) in [5.41, 5.74) is -0.337. The van der Waals surface area contributed by atoms with E-state index in [-0.39, 0.29) is 0 Å². The van der Waals surface area contributed by atoms with E-state index in [1.54, 1.807) is 24.5 Å². The molecule has 1 aliphatic rings. The van der Waals surface area contributed by atoms with Gasteiger partial charge in [-0.3, -0.25) is 14.2 Å². The monoisotopic (exact) mass is 364 g/mol. The van der Waals surface area contributed by atoms with Crippen LogP contribution in [0.5, 0.6) is 0 Å². The molecule has 0 saturated carbocycles. The lowest BCUT2D eigenvalue weighted by molar-refractivity contribution is 0.0479. The molecule has 1 aliphatic heterocycles. The average Bonchev–Trinajstić information content (AvgIpc) is 2.54. The first kappa shape index (κ1) is 15.2. The van der Waals surface area contributed by atoms with Gasteiger partial charge in [0, 0.05) is 41.6 Å². The van der Waals surface area contributed by atoms with Gasteiger partial charge in [-0.05, 0) is 37.1 Å². The molecule has 2 aromatic rings. The Morgan fingerprint density at radius 1 is 1.14 bits per heavy atom. The SMILES string of the molecule is O=c1c(=O)n(-c2ccc(Br)cc2)ccn1CC1CCCOC1. The lowest BCUT2D eigenvalue weighted by Crippen LogP contribution is -2.41. The molecule has 0 N–H and O–H groups in total. The number of rotatable bonds is 3. The van der Waals surface area contributed by atoms with E-state index in [1.165, 1.54) is 9.13 Å². The third kappa shape index (κ3) is 3.23. The molecule has 0 radical (unpaired) electrons. The van der Waals surface area contributed by atoms with E-state index in [9.17, 15) is 9.59 Å². The number of hydrogen-bond acceptors (Lipinski definition) is 3. The second kappa shape index (κ2) is 6.62. The fraction of sp³-hybridized carbons (Fsp3) is 0.375. The van der Waals surface area contributed by atoms with Crippen LogP contribution in [-0.4, -0.2) is 22.3 Å². The van der Waals surface area contributed by atoms with E-state index in [4.69, 9.17) is 4.74 Å². The third-order valence-electron chi connectivity index (χ3n) is 3.87. The highest BCUT2D eigenvalue weighted by Crippen LogP contribution is 2.15. The predicted octanol–water partition coefficient (Wildman–Crippen LogP) is 2.19. The molecule has 1 atom stereocenters. The Hall–Kier alpha value is -1.66. The van der Waals surface area contributed by atoms with Gasteiger partial charge >= 0.3 is 11.1 Å². The summed E-state index contributed by atoms with van der Waals surface area (Å²) in [6.45, 7) is 1.98. The highest BCUT2D eigenvalue weighted by Gasteiger charge is 2.16. The fourth-order valence-corrected chi connectivity index (χ4v) is 2.95. The van der Waals surface area contributed by atoms with Crippen LogP contribution in [0.4, 0.5) is 0 Å².